The lowest BCUT2D eigenvalue weighted by molar-refractivity contribution is -0.120. The van der Waals surface area contributed by atoms with E-state index in [0.29, 0.717) is 5.69 Å². The van der Waals surface area contributed by atoms with E-state index in [1.54, 1.807) is 18.5 Å². The summed E-state index contributed by atoms with van der Waals surface area (Å²) in [6.07, 6.45) is 3.39. The van der Waals surface area contributed by atoms with Crippen molar-refractivity contribution < 1.29 is 4.79 Å². The molecule has 0 saturated heterocycles. The van der Waals surface area contributed by atoms with E-state index >= 15 is 0 Å². The Bertz CT molecular complexity index is 618. The lowest BCUT2D eigenvalue weighted by Crippen LogP contribution is -2.34. The smallest absolute Gasteiger partial charge is 0.234 e. The van der Waals surface area contributed by atoms with Gasteiger partial charge in [-0.1, -0.05) is 12.1 Å². The number of benzene rings is 1. The molecule has 0 aliphatic carbocycles. The van der Waals surface area contributed by atoms with Crippen molar-refractivity contribution in [1.82, 2.24) is 4.98 Å². The van der Waals surface area contributed by atoms with Crippen LogP contribution in [0.15, 0.2) is 42.7 Å². The van der Waals surface area contributed by atoms with Gasteiger partial charge in [0.2, 0.25) is 5.91 Å². The molecule has 1 aromatic heterocycles. The minimum absolute atomic E-state index is 0.0587. The van der Waals surface area contributed by atoms with E-state index in [-0.39, 0.29) is 5.91 Å². The number of nitrogens with two attached hydrogens (primary N) is 1. The molecule has 4 nitrogen and oxygen atoms in total. The number of anilines is 2. The van der Waals surface area contributed by atoms with Crippen LogP contribution in [0.25, 0.3) is 0 Å². The van der Waals surface area contributed by atoms with E-state index in [0.717, 1.165) is 16.8 Å². The normalized spacial score (nSPS) is 11.2. The van der Waals surface area contributed by atoms with Gasteiger partial charge >= 0.3 is 0 Å². The van der Waals surface area contributed by atoms with Gasteiger partial charge < -0.3 is 11.1 Å². The number of nitrogen functional groups attached to an aromatic ring is 1. The van der Waals surface area contributed by atoms with Gasteiger partial charge in [-0.3, -0.25) is 9.78 Å². The Kier molecular flexibility index (Phi) is 3.74. The summed E-state index contributed by atoms with van der Waals surface area (Å²) in [5.41, 5.74) is 8.39. The molecule has 104 valence electrons. The first-order valence-electron chi connectivity index (χ1n) is 6.49. The van der Waals surface area contributed by atoms with Crippen LogP contribution in [0.2, 0.25) is 0 Å². The fourth-order valence-corrected chi connectivity index (χ4v) is 1.92. The van der Waals surface area contributed by atoms with Gasteiger partial charge in [-0.05, 0) is 50.1 Å². The monoisotopic (exact) mass is 269 g/mol. The molecule has 2 aromatic rings. The van der Waals surface area contributed by atoms with Crippen molar-refractivity contribution in [2.75, 3.05) is 11.1 Å². The van der Waals surface area contributed by atoms with E-state index in [4.69, 9.17) is 5.73 Å². The Morgan fingerprint density at radius 1 is 1.20 bits per heavy atom. The Morgan fingerprint density at radius 2 is 1.85 bits per heavy atom. The van der Waals surface area contributed by atoms with Crippen LogP contribution < -0.4 is 11.1 Å². The van der Waals surface area contributed by atoms with Gasteiger partial charge in [0.15, 0.2) is 0 Å². The van der Waals surface area contributed by atoms with Crippen LogP contribution in [0, 0.1) is 6.92 Å². The molecule has 0 radical (unpaired) electrons. The van der Waals surface area contributed by atoms with Gasteiger partial charge in [0.25, 0.3) is 0 Å². The summed E-state index contributed by atoms with van der Waals surface area (Å²) >= 11 is 0. The molecule has 4 heteroatoms. The third kappa shape index (κ3) is 2.79. The molecule has 0 aliphatic heterocycles. The number of hydrogen-bond donors (Lipinski definition) is 2. The summed E-state index contributed by atoms with van der Waals surface area (Å²) < 4.78 is 0. The van der Waals surface area contributed by atoms with Crippen LogP contribution in [0.3, 0.4) is 0 Å². The summed E-state index contributed by atoms with van der Waals surface area (Å²) in [6.45, 7) is 5.70. The van der Waals surface area contributed by atoms with Crippen molar-refractivity contribution >= 4 is 17.3 Å². The first-order valence-corrected chi connectivity index (χ1v) is 6.49. The minimum Gasteiger partial charge on any atom is -0.399 e. The first-order chi connectivity index (χ1) is 9.41. The summed E-state index contributed by atoms with van der Waals surface area (Å²) in [5, 5.41) is 2.95. The Morgan fingerprint density at radius 3 is 2.45 bits per heavy atom. The largest absolute Gasteiger partial charge is 0.399 e. The molecule has 1 aromatic carbocycles. The van der Waals surface area contributed by atoms with Crippen LogP contribution in [0.5, 0.6) is 0 Å². The number of nitrogens with zero attached hydrogens (tertiary/aromatic N) is 1. The number of pyridine rings is 1. The van der Waals surface area contributed by atoms with Gasteiger partial charge in [0.1, 0.15) is 0 Å². The average molecular weight is 269 g/mol. The minimum atomic E-state index is -0.636. The summed E-state index contributed by atoms with van der Waals surface area (Å²) in [4.78, 5) is 16.5. The molecule has 0 aliphatic rings. The molecule has 0 spiro atoms. The third-order valence-corrected chi connectivity index (χ3v) is 3.47. The highest BCUT2D eigenvalue weighted by molar-refractivity contribution is 5.99. The van der Waals surface area contributed by atoms with Gasteiger partial charge in [-0.15, -0.1) is 0 Å². The van der Waals surface area contributed by atoms with Gasteiger partial charge in [0.05, 0.1) is 5.41 Å². The van der Waals surface area contributed by atoms with Crippen LogP contribution in [-0.2, 0) is 10.2 Å². The van der Waals surface area contributed by atoms with Gasteiger partial charge in [-0.25, -0.2) is 0 Å². The molecule has 20 heavy (non-hydrogen) atoms. The van der Waals surface area contributed by atoms with Crippen molar-refractivity contribution in [1.29, 1.82) is 0 Å². The third-order valence-electron chi connectivity index (χ3n) is 3.47. The molecule has 1 heterocycles. The van der Waals surface area contributed by atoms with Crippen LogP contribution in [-0.4, -0.2) is 10.9 Å². The summed E-state index contributed by atoms with van der Waals surface area (Å²) in [5.74, 6) is -0.0587. The number of aryl methyl sites for hydroxylation is 1. The number of carbonyl (C=O) groups excluding carboxylic acids is 1. The molecule has 0 atom stereocenters. The predicted octanol–water partition coefficient (Wildman–Crippen LogP) is 2.89. The fraction of sp³-hybridized carbons (Fsp3) is 0.250. The zero-order valence-corrected chi connectivity index (χ0v) is 12.0. The summed E-state index contributed by atoms with van der Waals surface area (Å²) in [6, 6.07) is 9.18. The van der Waals surface area contributed by atoms with Crippen molar-refractivity contribution in [3.63, 3.8) is 0 Å². The summed E-state index contributed by atoms with van der Waals surface area (Å²) in [7, 11) is 0. The maximum atomic E-state index is 12.5. The van der Waals surface area contributed by atoms with Crippen molar-refractivity contribution in [3.05, 3.63) is 53.9 Å². The fourth-order valence-electron chi connectivity index (χ4n) is 1.92. The Labute approximate surface area is 119 Å². The van der Waals surface area contributed by atoms with Crippen LogP contribution >= 0.6 is 0 Å². The molecule has 0 unspecified atom stereocenters. The Hall–Kier alpha value is -2.36. The molecule has 0 bridgehead atoms. The second-order valence-corrected chi connectivity index (χ2v) is 5.39. The highest BCUT2D eigenvalue weighted by Gasteiger charge is 2.29. The van der Waals surface area contributed by atoms with E-state index in [9.17, 15) is 4.79 Å². The molecule has 1 amide bonds. The number of nitrogens with one attached hydrogen (secondary N) is 1. The lowest BCUT2D eigenvalue weighted by atomic mass is 9.83. The van der Waals surface area contributed by atoms with E-state index in [1.807, 2.05) is 45.0 Å². The molecule has 0 fully saturated rings. The molecule has 3 N–H and O–H groups in total. The van der Waals surface area contributed by atoms with E-state index in [2.05, 4.69) is 10.3 Å². The first kappa shape index (κ1) is 14.1. The second-order valence-electron chi connectivity index (χ2n) is 5.39. The number of aromatic nitrogens is 1. The number of rotatable bonds is 3. The molecule has 0 saturated carbocycles. The quantitative estimate of drug-likeness (QED) is 0.842. The second kappa shape index (κ2) is 5.33. The number of hydrogen-bond acceptors (Lipinski definition) is 3. The maximum Gasteiger partial charge on any atom is 0.234 e. The van der Waals surface area contributed by atoms with Crippen molar-refractivity contribution in [2.45, 2.75) is 26.2 Å². The van der Waals surface area contributed by atoms with Gasteiger partial charge in [-0.2, -0.15) is 0 Å². The predicted molar refractivity (Wildman–Crippen MR) is 81.5 cm³/mol. The zero-order chi connectivity index (χ0) is 14.8. The maximum absolute atomic E-state index is 12.5. The highest BCUT2D eigenvalue weighted by Crippen LogP contribution is 2.26. The van der Waals surface area contributed by atoms with Crippen LogP contribution in [0.1, 0.15) is 25.0 Å². The highest BCUT2D eigenvalue weighted by atomic mass is 16.2. The lowest BCUT2D eigenvalue weighted by Gasteiger charge is -2.24. The zero-order valence-electron chi connectivity index (χ0n) is 12.0. The number of amides is 1. The molecular formula is C16H19N3O. The Balaban J connectivity index is 2.23. The molecule has 2 rings (SSSR count). The van der Waals surface area contributed by atoms with Gasteiger partial charge in [0, 0.05) is 23.8 Å². The van der Waals surface area contributed by atoms with Crippen LogP contribution in [0.4, 0.5) is 11.4 Å². The SMILES string of the molecule is Cc1cnccc1NC(=O)C(C)(C)c1ccc(N)cc1. The van der Waals surface area contributed by atoms with Crippen molar-refractivity contribution in [3.8, 4) is 0 Å². The standard InChI is InChI=1S/C16H19N3O/c1-11-10-18-9-8-14(11)19-15(20)16(2,3)12-4-6-13(17)7-5-12/h4-10H,17H2,1-3H3,(H,18,19,20). The topological polar surface area (TPSA) is 68.0 Å². The molecular weight excluding hydrogens is 250 g/mol. The average Bonchev–Trinajstić information content (AvgIpc) is 2.41. The van der Waals surface area contributed by atoms with E-state index in [1.165, 1.54) is 0 Å². The van der Waals surface area contributed by atoms with E-state index < -0.39 is 5.41 Å². The van der Waals surface area contributed by atoms with Crippen molar-refractivity contribution in [2.24, 2.45) is 0 Å². The number of carbonyl (C=O) groups is 1.